The maximum absolute atomic E-state index is 12.5. The van der Waals surface area contributed by atoms with E-state index in [1.165, 1.54) is 30.3 Å². The van der Waals surface area contributed by atoms with Gasteiger partial charge in [0.2, 0.25) is 5.76 Å². The molecule has 0 saturated carbocycles. The van der Waals surface area contributed by atoms with Crippen molar-refractivity contribution in [1.29, 1.82) is 0 Å². The van der Waals surface area contributed by atoms with Crippen LogP contribution in [0.3, 0.4) is 0 Å². The molecule has 0 amide bonds. The van der Waals surface area contributed by atoms with Crippen LogP contribution in [-0.4, -0.2) is 11.1 Å². The number of hydrogen-bond acceptors (Lipinski definition) is 2. The summed E-state index contributed by atoms with van der Waals surface area (Å²) in [6.07, 6.45) is 1.33. The second-order valence-corrected chi connectivity index (χ2v) is 2.51. The summed E-state index contributed by atoms with van der Waals surface area (Å²) in [4.78, 5) is 10.5. The lowest BCUT2D eigenvalue weighted by atomic mass is 10.3. The number of benzene rings is 1. The molecule has 0 fully saturated rings. The standard InChI is InChI=1S/C10H9FO3/c1-2-9(10(12)13)14-8-5-3-7(11)4-6-8/h2-6H,1H3,(H,12,13)/b9-2-. The van der Waals surface area contributed by atoms with Crippen LogP contribution in [0.4, 0.5) is 4.39 Å². The number of allylic oxidation sites excluding steroid dienone is 1. The highest BCUT2D eigenvalue weighted by molar-refractivity contribution is 5.84. The summed E-state index contributed by atoms with van der Waals surface area (Å²) in [5.74, 6) is -1.44. The molecule has 0 bridgehead atoms. The van der Waals surface area contributed by atoms with E-state index < -0.39 is 11.8 Å². The molecule has 0 aliphatic heterocycles. The molecule has 0 radical (unpaired) electrons. The van der Waals surface area contributed by atoms with E-state index in [2.05, 4.69) is 0 Å². The topological polar surface area (TPSA) is 46.5 Å². The van der Waals surface area contributed by atoms with Gasteiger partial charge in [-0.3, -0.25) is 0 Å². The predicted molar refractivity (Wildman–Crippen MR) is 48.4 cm³/mol. The summed E-state index contributed by atoms with van der Waals surface area (Å²) in [6.45, 7) is 1.55. The molecule has 0 aliphatic carbocycles. The van der Waals surface area contributed by atoms with Crippen molar-refractivity contribution in [2.24, 2.45) is 0 Å². The molecule has 1 aromatic carbocycles. The average Bonchev–Trinajstić information content (AvgIpc) is 2.16. The van der Waals surface area contributed by atoms with Crippen molar-refractivity contribution in [3.05, 3.63) is 41.9 Å². The van der Waals surface area contributed by atoms with Crippen molar-refractivity contribution >= 4 is 5.97 Å². The Labute approximate surface area is 80.4 Å². The van der Waals surface area contributed by atoms with Gasteiger partial charge in [-0.25, -0.2) is 9.18 Å². The highest BCUT2D eigenvalue weighted by Gasteiger charge is 2.07. The van der Waals surface area contributed by atoms with Crippen LogP contribution >= 0.6 is 0 Å². The van der Waals surface area contributed by atoms with Gasteiger partial charge >= 0.3 is 5.97 Å². The van der Waals surface area contributed by atoms with Crippen molar-refractivity contribution in [3.63, 3.8) is 0 Å². The second-order valence-electron chi connectivity index (χ2n) is 2.51. The first-order valence-corrected chi connectivity index (χ1v) is 3.96. The van der Waals surface area contributed by atoms with Crippen molar-refractivity contribution in [3.8, 4) is 5.75 Å². The molecule has 3 nitrogen and oxygen atoms in total. The first-order chi connectivity index (χ1) is 6.63. The smallest absolute Gasteiger partial charge is 0.371 e. The van der Waals surface area contributed by atoms with Crippen molar-refractivity contribution in [1.82, 2.24) is 0 Å². The van der Waals surface area contributed by atoms with E-state index >= 15 is 0 Å². The minimum absolute atomic E-state index is 0.184. The molecule has 14 heavy (non-hydrogen) atoms. The Morgan fingerprint density at radius 2 is 2.00 bits per heavy atom. The molecule has 1 aromatic rings. The van der Waals surface area contributed by atoms with Gasteiger partial charge < -0.3 is 9.84 Å². The molecule has 0 saturated heterocycles. The van der Waals surface area contributed by atoms with Crippen LogP contribution in [0.1, 0.15) is 6.92 Å². The number of carboxylic acids is 1. The lowest BCUT2D eigenvalue weighted by Gasteiger charge is -2.04. The fraction of sp³-hybridized carbons (Fsp3) is 0.100. The van der Waals surface area contributed by atoms with E-state index in [-0.39, 0.29) is 5.76 Å². The molecular weight excluding hydrogens is 187 g/mol. The lowest BCUT2D eigenvalue weighted by molar-refractivity contribution is -0.135. The predicted octanol–water partition coefficient (Wildman–Crippen LogP) is 2.19. The number of ether oxygens (including phenoxy) is 1. The molecule has 0 unspecified atom stereocenters. The summed E-state index contributed by atoms with van der Waals surface area (Å²) in [7, 11) is 0. The van der Waals surface area contributed by atoms with Gasteiger partial charge in [-0.15, -0.1) is 0 Å². The number of hydrogen-bond donors (Lipinski definition) is 1. The summed E-state index contributed by atoms with van der Waals surface area (Å²) in [6, 6.07) is 5.12. The maximum Gasteiger partial charge on any atom is 0.371 e. The van der Waals surface area contributed by atoms with E-state index in [9.17, 15) is 9.18 Å². The van der Waals surface area contributed by atoms with Gasteiger partial charge in [-0.1, -0.05) is 0 Å². The Balaban J connectivity index is 2.78. The SMILES string of the molecule is C/C=C(\Oc1ccc(F)cc1)C(=O)O. The summed E-state index contributed by atoms with van der Waals surface area (Å²) >= 11 is 0. The van der Waals surface area contributed by atoms with Crippen LogP contribution in [0.5, 0.6) is 5.75 Å². The number of carbonyl (C=O) groups is 1. The number of rotatable bonds is 3. The molecule has 0 aromatic heterocycles. The minimum atomic E-state index is -1.16. The fourth-order valence-corrected chi connectivity index (χ4v) is 0.856. The molecule has 1 N–H and O–H groups in total. The summed E-state index contributed by atoms with van der Waals surface area (Å²) in [5, 5.41) is 8.62. The Morgan fingerprint density at radius 3 is 2.43 bits per heavy atom. The Kier molecular flexibility index (Phi) is 3.23. The lowest BCUT2D eigenvalue weighted by Crippen LogP contribution is -2.07. The molecule has 74 valence electrons. The van der Waals surface area contributed by atoms with E-state index in [1.807, 2.05) is 0 Å². The van der Waals surface area contributed by atoms with Gasteiger partial charge in [0.05, 0.1) is 0 Å². The summed E-state index contributed by atoms with van der Waals surface area (Å²) < 4.78 is 17.5. The third kappa shape index (κ3) is 2.58. The molecule has 1 rings (SSSR count). The van der Waals surface area contributed by atoms with Gasteiger partial charge in [0.25, 0.3) is 0 Å². The van der Waals surface area contributed by atoms with Gasteiger partial charge in [0.1, 0.15) is 11.6 Å². The number of aliphatic carboxylic acids is 1. The van der Waals surface area contributed by atoms with Gasteiger partial charge in [0.15, 0.2) is 0 Å². The minimum Gasteiger partial charge on any atom is -0.475 e. The van der Waals surface area contributed by atoms with Gasteiger partial charge in [-0.05, 0) is 37.3 Å². The second kappa shape index (κ2) is 4.41. The van der Waals surface area contributed by atoms with Gasteiger partial charge in [0, 0.05) is 0 Å². The Hall–Kier alpha value is -1.84. The van der Waals surface area contributed by atoms with E-state index in [4.69, 9.17) is 9.84 Å². The van der Waals surface area contributed by atoms with Gasteiger partial charge in [-0.2, -0.15) is 0 Å². The molecule has 0 heterocycles. The maximum atomic E-state index is 12.5. The van der Waals surface area contributed by atoms with Crippen LogP contribution in [0, 0.1) is 5.82 Å². The highest BCUT2D eigenvalue weighted by atomic mass is 19.1. The van der Waals surface area contributed by atoms with Crippen LogP contribution in [0.15, 0.2) is 36.1 Å². The van der Waals surface area contributed by atoms with Crippen molar-refractivity contribution in [2.75, 3.05) is 0 Å². The Morgan fingerprint density at radius 1 is 1.43 bits per heavy atom. The molecule has 0 spiro atoms. The van der Waals surface area contributed by atoms with Crippen molar-refractivity contribution in [2.45, 2.75) is 6.92 Å². The van der Waals surface area contributed by atoms with E-state index in [0.29, 0.717) is 5.75 Å². The monoisotopic (exact) mass is 196 g/mol. The van der Waals surface area contributed by atoms with Crippen LogP contribution in [-0.2, 0) is 4.79 Å². The van der Waals surface area contributed by atoms with Crippen LogP contribution in [0.25, 0.3) is 0 Å². The fourth-order valence-electron chi connectivity index (χ4n) is 0.856. The number of carboxylic acid groups (broad SMARTS) is 1. The zero-order valence-electron chi connectivity index (χ0n) is 7.53. The molecule has 0 aliphatic rings. The molecule has 0 atom stereocenters. The number of halogens is 1. The summed E-state index contributed by atoms with van der Waals surface area (Å²) in [5.41, 5.74) is 0. The Bertz CT molecular complexity index is 354. The quantitative estimate of drug-likeness (QED) is 0.595. The first kappa shape index (κ1) is 10.2. The largest absolute Gasteiger partial charge is 0.475 e. The molecular formula is C10H9FO3. The zero-order valence-corrected chi connectivity index (χ0v) is 7.53. The van der Waals surface area contributed by atoms with Crippen LogP contribution < -0.4 is 4.74 Å². The molecule has 4 heteroatoms. The average molecular weight is 196 g/mol. The zero-order chi connectivity index (χ0) is 10.6. The highest BCUT2D eigenvalue weighted by Crippen LogP contribution is 2.14. The normalized spacial score (nSPS) is 11.1. The third-order valence-corrected chi connectivity index (χ3v) is 1.51. The van der Waals surface area contributed by atoms with E-state index in [1.54, 1.807) is 6.92 Å². The van der Waals surface area contributed by atoms with Crippen LogP contribution in [0.2, 0.25) is 0 Å². The first-order valence-electron chi connectivity index (χ1n) is 3.96. The third-order valence-electron chi connectivity index (χ3n) is 1.51. The van der Waals surface area contributed by atoms with E-state index in [0.717, 1.165) is 0 Å². The van der Waals surface area contributed by atoms with Crippen molar-refractivity contribution < 1.29 is 19.0 Å².